The van der Waals surface area contributed by atoms with Crippen LogP contribution in [0, 0.1) is 32.4 Å². The molecular weight excluding hydrogens is 270 g/mol. The summed E-state index contributed by atoms with van der Waals surface area (Å²) >= 11 is 0. The molecule has 0 aliphatic heterocycles. The van der Waals surface area contributed by atoms with Gasteiger partial charge in [-0.1, -0.05) is 29.8 Å². The highest BCUT2D eigenvalue weighted by Gasteiger charge is 2.21. The first-order valence-corrected chi connectivity index (χ1v) is 6.90. The van der Waals surface area contributed by atoms with Gasteiger partial charge in [-0.25, -0.2) is 8.78 Å². The predicted octanol–water partition coefficient (Wildman–Crippen LogP) is 3.64. The van der Waals surface area contributed by atoms with Crippen molar-refractivity contribution in [2.45, 2.75) is 33.2 Å². The lowest BCUT2D eigenvalue weighted by Crippen LogP contribution is -2.31. The molecule has 2 aromatic rings. The molecule has 0 amide bonds. The topological polar surface area (TPSA) is 38.0 Å². The third-order valence-corrected chi connectivity index (χ3v) is 3.80. The van der Waals surface area contributed by atoms with Gasteiger partial charge in [0.2, 0.25) is 0 Å². The van der Waals surface area contributed by atoms with E-state index in [-0.39, 0.29) is 5.56 Å². The molecule has 0 saturated carbocycles. The average molecular weight is 290 g/mol. The van der Waals surface area contributed by atoms with Crippen LogP contribution in [0.15, 0.2) is 30.3 Å². The summed E-state index contributed by atoms with van der Waals surface area (Å²) in [4.78, 5) is 0. The number of halogens is 2. The third-order valence-electron chi connectivity index (χ3n) is 3.80. The van der Waals surface area contributed by atoms with Crippen molar-refractivity contribution in [1.29, 1.82) is 0 Å². The molecule has 2 aromatic carbocycles. The molecule has 1 unspecified atom stereocenters. The SMILES string of the molecule is Cc1ccc(C)c(CC(NN)c2c(F)ccc(C)c2F)c1. The van der Waals surface area contributed by atoms with Crippen molar-refractivity contribution in [3.63, 3.8) is 0 Å². The number of hydrogen-bond acceptors (Lipinski definition) is 2. The number of hydrazine groups is 1. The fraction of sp³-hybridized carbons (Fsp3) is 0.294. The highest BCUT2D eigenvalue weighted by atomic mass is 19.1. The Hall–Kier alpha value is -1.78. The number of benzene rings is 2. The van der Waals surface area contributed by atoms with E-state index in [1.54, 1.807) is 6.92 Å². The molecule has 3 N–H and O–H groups in total. The smallest absolute Gasteiger partial charge is 0.133 e. The van der Waals surface area contributed by atoms with Crippen LogP contribution in [0.5, 0.6) is 0 Å². The van der Waals surface area contributed by atoms with Gasteiger partial charge in [0.25, 0.3) is 0 Å². The highest BCUT2D eigenvalue weighted by molar-refractivity contribution is 5.35. The minimum Gasteiger partial charge on any atom is -0.271 e. The van der Waals surface area contributed by atoms with Gasteiger partial charge < -0.3 is 0 Å². The molecule has 0 heterocycles. The molecule has 4 heteroatoms. The maximum Gasteiger partial charge on any atom is 0.133 e. The second-order valence-electron chi connectivity index (χ2n) is 5.45. The molecule has 0 aromatic heterocycles. The fourth-order valence-corrected chi connectivity index (χ4v) is 2.48. The standard InChI is InChI=1S/C17H20F2N2/c1-10-4-5-11(2)13(8-10)9-15(21-20)16-14(18)7-6-12(3)17(16)19/h4-8,15,21H,9,20H2,1-3H3. The summed E-state index contributed by atoms with van der Waals surface area (Å²) in [6.07, 6.45) is 0.432. The Labute approximate surface area is 124 Å². The van der Waals surface area contributed by atoms with Gasteiger partial charge >= 0.3 is 0 Å². The maximum absolute atomic E-state index is 14.2. The molecule has 0 bridgehead atoms. The zero-order valence-electron chi connectivity index (χ0n) is 12.5. The van der Waals surface area contributed by atoms with Gasteiger partial charge in [0.05, 0.1) is 6.04 Å². The number of aryl methyl sites for hydroxylation is 3. The molecule has 1 atom stereocenters. The zero-order valence-corrected chi connectivity index (χ0v) is 12.5. The first-order valence-electron chi connectivity index (χ1n) is 6.90. The normalized spacial score (nSPS) is 12.5. The van der Waals surface area contributed by atoms with Gasteiger partial charge in [0, 0.05) is 5.56 Å². The van der Waals surface area contributed by atoms with Gasteiger partial charge in [0.1, 0.15) is 11.6 Å². The van der Waals surface area contributed by atoms with Gasteiger partial charge in [-0.3, -0.25) is 11.3 Å². The molecule has 0 aliphatic rings. The van der Waals surface area contributed by atoms with Gasteiger partial charge in [-0.2, -0.15) is 0 Å². The quantitative estimate of drug-likeness (QED) is 0.666. The van der Waals surface area contributed by atoms with Crippen LogP contribution in [0.2, 0.25) is 0 Å². The number of hydrogen-bond donors (Lipinski definition) is 2. The number of nitrogens with two attached hydrogens (primary N) is 1. The van der Waals surface area contributed by atoms with Crippen molar-refractivity contribution in [1.82, 2.24) is 5.43 Å². The van der Waals surface area contributed by atoms with Crippen LogP contribution in [0.3, 0.4) is 0 Å². The van der Waals surface area contributed by atoms with E-state index in [0.717, 1.165) is 16.7 Å². The molecule has 112 valence electrons. The van der Waals surface area contributed by atoms with Crippen LogP contribution in [-0.4, -0.2) is 0 Å². The van der Waals surface area contributed by atoms with Crippen molar-refractivity contribution in [2.75, 3.05) is 0 Å². The molecule has 21 heavy (non-hydrogen) atoms. The molecule has 2 rings (SSSR count). The molecule has 0 aliphatic carbocycles. The molecular formula is C17H20F2N2. The lowest BCUT2D eigenvalue weighted by Gasteiger charge is -2.20. The van der Waals surface area contributed by atoms with Crippen LogP contribution in [0.4, 0.5) is 8.78 Å². The van der Waals surface area contributed by atoms with Crippen molar-refractivity contribution < 1.29 is 8.78 Å². The summed E-state index contributed by atoms with van der Waals surface area (Å²) in [6, 6.07) is 8.13. The average Bonchev–Trinajstić information content (AvgIpc) is 2.45. The van der Waals surface area contributed by atoms with E-state index in [0.29, 0.717) is 12.0 Å². The van der Waals surface area contributed by atoms with Gasteiger partial charge in [-0.05, 0) is 49.9 Å². The summed E-state index contributed by atoms with van der Waals surface area (Å²) in [7, 11) is 0. The van der Waals surface area contributed by atoms with Crippen molar-refractivity contribution >= 4 is 0 Å². The van der Waals surface area contributed by atoms with Crippen molar-refractivity contribution in [3.8, 4) is 0 Å². The van der Waals surface area contributed by atoms with E-state index in [1.807, 2.05) is 32.0 Å². The monoisotopic (exact) mass is 290 g/mol. The lowest BCUT2D eigenvalue weighted by atomic mass is 9.93. The Kier molecular flexibility index (Phi) is 4.70. The minimum atomic E-state index is -0.606. The minimum absolute atomic E-state index is 0.00148. The summed E-state index contributed by atoms with van der Waals surface area (Å²) in [5.41, 5.74) is 6.16. The summed E-state index contributed by atoms with van der Waals surface area (Å²) in [5.74, 6) is 4.43. The van der Waals surface area contributed by atoms with E-state index < -0.39 is 17.7 Å². The van der Waals surface area contributed by atoms with Crippen LogP contribution in [0.25, 0.3) is 0 Å². The predicted molar refractivity (Wildman–Crippen MR) is 80.8 cm³/mol. The Balaban J connectivity index is 2.41. The summed E-state index contributed by atoms with van der Waals surface area (Å²) < 4.78 is 28.3. The van der Waals surface area contributed by atoms with Crippen LogP contribution < -0.4 is 11.3 Å². The van der Waals surface area contributed by atoms with E-state index in [9.17, 15) is 8.78 Å². The summed E-state index contributed by atoms with van der Waals surface area (Å²) in [5, 5.41) is 0. The Morgan fingerprint density at radius 3 is 2.38 bits per heavy atom. The van der Waals surface area contributed by atoms with Gasteiger partial charge in [0.15, 0.2) is 0 Å². The largest absolute Gasteiger partial charge is 0.271 e. The maximum atomic E-state index is 14.2. The molecule has 0 fully saturated rings. The van der Waals surface area contributed by atoms with Gasteiger partial charge in [-0.15, -0.1) is 0 Å². The molecule has 2 nitrogen and oxygen atoms in total. The third kappa shape index (κ3) is 3.28. The Bertz CT molecular complexity index is 653. The molecule has 0 saturated heterocycles. The lowest BCUT2D eigenvalue weighted by molar-refractivity contribution is 0.469. The highest BCUT2D eigenvalue weighted by Crippen LogP contribution is 2.27. The second kappa shape index (κ2) is 6.33. The first-order chi connectivity index (χ1) is 9.93. The zero-order chi connectivity index (χ0) is 15.6. The van der Waals surface area contributed by atoms with Crippen LogP contribution in [0.1, 0.15) is 33.9 Å². The van der Waals surface area contributed by atoms with E-state index in [1.165, 1.54) is 12.1 Å². The first kappa shape index (κ1) is 15.6. The van der Waals surface area contributed by atoms with E-state index in [2.05, 4.69) is 5.43 Å². The molecule has 0 radical (unpaired) electrons. The van der Waals surface area contributed by atoms with Crippen molar-refractivity contribution in [3.05, 3.63) is 69.8 Å². The van der Waals surface area contributed by atoms with Crippen LogP contribution in [-0.2, 0) is 6.42 Å². The second-order valence-corrected chi connectivity index (χ2v) is 5.45. The Morgan fingerprint density at radius 1 is 1.05 bits per heavy atom. The van der Waals surface area contributed by atoms with Crippen LogP contribution >= 0.6 is 0 Å². The fourth-order valence-electron chi connectivity index (χ4n) is 2.48. The number of nitrogens with one attached hydrogen (secondary N) is 1. The van der Waals surface area contributed by atoms with E-state index >= 15 is 0 Å². The summed E-state index contributed by atoms with van der Waals surface area (Å²) in [6.45, 7) is 5.58. The number of rotatable bonds is 4. The van der Waals surface area contributed by atoms with E-state index in [4.69, 9.17) is 5.84 Å². The van der Waals surface area contributed by atoms with Crippen molar-refractivity contribution in [2.24, 2.45) is 5.84 Å². The molecule has 0 spiro atoms. The Morgan fingerprint density at radius 2 is 1.71 bits per heavy atom.